The summed E-state index contributed by atoms with van der Waals surface area (Å²) in [5, 5.41) is 0. The number of fused-ring (bicyclic) bond motifs is 8. The van der Waals surface area contributed by atoms with Gasteiger partial charge in [0.25, 0.3) is 0 Å². The van der Waals surface area contributed by atoms with Gasteiger partial charge in [0.1, 0.15) is 0 Å². The third-order valence-corrected chi connectivity index (χ3v) is 7.20. The Morgan fingerprint density at radius 1 is 0.375 bits per heavy atom. The van der Waals surface area contributed by atoms with Gasteiger partial charge in [-0.2, -0.15) is 0 Å². The van der Waals surface area contributed by atoms with Crippen LogP contribution in [0, 0.1) is 0 Å². The van der Waals surface area contributed by atoms with Gasteiger partial charge in [-0.25, -0.2) is 9.97 Å². The van der Waals surface area contributed by atoms with E-state index in [4.69, 9.17) is 9.97 Å². The molecule has 2 aliphatic rings. The molecule has 0 aromatic carbocycles. The fourth-order valence-corrected chi connectivity index (χ4v) is 5.37. The molecule has 0 aliphatic carbocycles. The Hall–Kier alpha value is -5.48. The van der Waals surface area contributed by atoms with Crippen LogP contribution in [0.15, 0.2) is 101 Å². The van der Waals surface area contributed by atoms with Crippen LogP contribution in [0.4, 0.5) is 0 Å². The van der Waals surface area contributed by atoms with Gasteiger partial charge in [-0.3, -0.25) is 0 Å². The lowest BCUT2D eigenvalue weighted by atomic mass is 10.0. The zero-order valence-electron chi connectivity index (χ0n) is 22.5. The van der Waals surface area contributed by atoms with Crippen LogP contribution in [0.5, 0.6) is 0 Å². The van der Waals surface area contributed by atoms with Crippen molar-refractivity contribution in [1.82, 2.24) is 19.9 Å². The highest BCUT2D eigenvalue weighted by Gasteiger charge is 2.21. The van der Waals surface area contributed by atoms with E-state index in [-0.39, 0.29) is 0 Å². The molecule has 0 amide bonds. The number of allylic oxidation sites excluding steroid dienone is 8. The van der Waals surface area contributed by atoms with Crippen molar-refractivity contribution in [2.45, 2.75) is 0 Å². The lowest BCUT2D eigenvalue weighted by molar-refractivity contribution is 1.26. The van der Waals surface area contributed by atoms with Gasteiger partial charge in [-0.05, 0) is 24.3 Å². The van der Waals surface area contributed by atoms with E-state index in [2.05, 4.69) is 62.6 Å². The van der Waals surface area contributed by atoms with E-state index in [0.717, 1.165) is 89.4 Å². The van der Waals surface area contributed by atoms with E-state index in [1.807, 2.05) is 48.6 Å². The van der Waals surface area contributed by atoms with Crippen molar-refractivity contribution in [2.75, 3.05) is 0 Å². The average molecular weight is 519 g/mol. The van der Waals surface area contributed by atoms with Crippen molar-refractivity contribution in [2.24, 2.45) is 0 Å². The highest BCUT2D eigenvalue weighted by molar-refractivity contribution is 6.04. The van der Waals surface area contributed by atoms with Gasteiger partial charge in [0.15, 0.2) is 0 Å². The maximum absolute atomic E-state index is 4.99. The number of hydrogen-bond donors (Lipinski definition) is 2. The van der Waals surface area contributed by atoms with Gasteiger partial charge >= 0.3 is 0 Å². The monoisotopic (exact) mass is 518 g/mol. The maximum atomic E-state index is 4.99. The summed E-state index contributed by atoms with van der Waals surface area (Å²) in [4.78, 5) is 17.1. The van der Waals surface area contributed by atoms with Gasteiger partial charge in [0, 0.05) is 66.6 Å². The zero-order chi connectivity index (χ0) is 28.6. The number of aromatic nitrogens is 4. The molecule has 3 aromatic heterocycles. The molecule has 5 heterocycles. The van der Waals surface area contributed by atoms with Crippen molar-refractivity contribution in [1.29, 1.82) is 0 Å². The van der Waals surface area contributed by atoms with Crippen LogP contribution in [0.1, 0.15) is 45.0 Å². The van der Waals surface area contributed by atoms with E-state index in [9.17, 15) is 0 Å². The molecule has 0 radical (unpaired) electrons. The SMILES string of the molecule is C=CC1=C(C=C)c2cc3[nH]c(cc4[nH]c(cc5nc(cc1n2)C(C=C)=C5C=C)c(C=C)c4C=C)c(C=C)c3C=C. The summed E-state index contributed by atoms with van der Waals surface area (Å²) in [6.45, 7) is 32.5. The molecule has 8 bridgehead atoms. The molecule has 0 saturated carbocycles. The molecule has 2 aliphatic heterocycles. The van der Waals surface area contributed by atoms with Crippen LogP contribution in [0.25, 0.3) is 68.7 Å². The van der Waals surface area contributed by atoms with Crippen LogP contribution in [-0.4, -0.2) is 19.9 Å². The highest BCUT2D eigenvalue weighted by Crippen LogP contribution is 2.37. The molecule has 0 spiro atoms. The molecule has 0 atom stereocenters. The van der Waals surface area contributed by atoms with Gasteiger partial charge in [0.05, 0.1) is 22.8 Å². The highest BCUT2D eigenvalue weighted by atomic mass is 14.8. The number of nitrogens with one attached hydrogen (secondary N) is 2. The van der Waals surface area contributed by atoms with E-state index in [1.165, 1.54) is 0 Å². The Labute approximate surface area is 234 Å². The Bertz CT molecular complexity index is 1790. The first kappa shape index (κ1) is 26.1. The first-order valence-corrected chi connectivity index (χ1v) is 12.8. The summed E-state index contributed by atoms with van der Waals surface area (Å²) in [6.07, 6.45) is 14.5. The molecule has 40 heavy (non-hydrogen) atoms. The Morgan fingerprint density at radius 2 is 0.650 bits per heavy atom. The second-order valence-electron chi connectivity index (χ2n) is 9.19. The van der Waals surface area contributed by atoms with Crippen molar-refractivity contribution < 1.29 is 0 Å². The molecule has 0 saturated heterocycles. The summed E-state index contributed by atoms with van der Waals surface area (Å²) in [5.74, 6) is 0. The number of rotatable bonds is 8. The first-order valence-electron chi connectivity index (χ1n) is 12.8. The summed E-state index contributed by atoms with van der Waals surface area (Å²) in [6, 6.07) is 8.00. The summed E-state index contributed by atoms with van der Waals surface area (Å²) in [7, 11) is 0. The maximum Gasteiger partial charge on any atom is 0.0737 e. The van der Waals surface area contributed by atoms with Crippen molar-refractivity contribution in [3.8, 4) is 0 Å². The first-order chi connectivity index (χ1) is 19.5. The van der Waals surface area contributed by atoms with Gasteiger partial charge in [-0.15, -0.1) is 0 Å². The summed E-state index contributed by atoms with van der Waals surface area (Å²) >= 11 is 0. The van der Waals surface area contributed by atoms with E-state index < -0.39 is 0 Å². The minimum Gasteiger partial charge on any atom is -0.354 e. The lowest BCUT2D eigenvalue weighted by Gasteiger charge is -1.99. The summed E-state index contributed by atoms with van der Waals surface area (Å²) < 4.78 is 0. The van der Waals surface area contributed by atoms with Crippen LogP contribution in [0.2, 0.25) is 0 Å². The van der Waals surface area contributed by atoms with Crippen molar-refractivity contribution >= 4 is 68.7 Å². The fourth-order valence-electron chi connectivity index (χ4n) is 5.37. The van der Waals surface area contributed by atoms with E-state index in [1.54, 1.807) is 24.3 Å². The molecule has 5 rings (SSSR count). The third kappa shape index (κ3) is 3.94. The predicted molar refractivity (Wildman–Crippen MR) is 176 cm³/mol. The van der Waals surface area contributed by atoms with Gasteiger partial charge < -0.3 is 9.97 Å². The smallest absolute Gasteiger partial charge is 0.0737 e. The van der Waals surface area contributed by atoms with Gasteiger partial charge in [0.2, 0.25) is 0 Å². The van der Waals surface area contributed by atoms with Crippen molar-refractivity contribution in [3.05, 3.63) is 146 Å². The Morgan fingerprint density at radius 3 is 0.925 bits per heavy atom. The van der Waals surface area contributed by atoms with Crippen molar-refractivity contribution in [3.63, 3.8) is 0 Å². The van der Waals surface area contributed by atoms with Crippen LogP contribution >= 0.6 is 0 Å². The number of hydrogen-bond acceptors (Lipinski definition) is 2. The van der Waals surface area contributed by atoms with Crippen LogP contribution in [-0.2, 0) is 0 Å². The molecule has 0 unspecified atom stereocenters. The standard InChI is InChI=1S/C36H30N4/c1-9-21-22(10-2)30-18-32-25(13-5)26(14-6)34(39-32)20-36-28(16-8)27(15-7)35(40-36)19-33-24(12-4)23(11-3)31(38-33)17-29(21)37-30/h9-20,37-38H,1-8H2. The largest absolute Gasteiger partial charge is 0.354 e. The summed E-state index contributed by atoms with van der Waals surface area (Å²) in [5.41, 5.74) is 13.6. The second-order valence-corrected chi connectivity index (χ2v) is 9.19. The zero-order valence-corrected chi connectivity index (χ0v) is 22.5. The average Bonchev–Trinajstić information content (AvgIpc) is 3.67. The molecular formula is C36H30N4. The normalized spacial score (nSPS) is 12.6. The Kier molecular flexibility index (Phi) is 6.76. The molecule has 4 nitrogen and oxygen atoms in total. The second kappa shape index (κ2) is 10.4. The third-order valence-electron chi connectivity index (χ3n) is 7.20. The van der Waals surface area contributed by atoms with Crippen LogP contribution in [0.3, 0.4) is 0 Å². The van der Waals surface area contributed by atoms with Crippen LogP contribution < -0.4 is 0 Å². The minimum absolute atomic E-state index is 0.733. The van der Waals surface area contributed by atoms with E-state index >= 15 is 0 Å². The topological polar surface area (TPSA) is 57.4 Å². The molecule has 194 valence electrons. The molecule has 3 aromatic rings. The van der Waals surface area contributed by atoms with Gasteiger partial charge in [-0.1, -0.05) is 101 Å². The van der Waals surface area contributed by atoms with E-state index in [0.29, 0.717) is 0 Å². The number of nitrogens with zero attached hydrogens (tertiary/aromatic N) is 2. The fraction of sp³-hybridized carbons (Fsp3) is 0. The number of H-pyrrole nitrogens is 2. The predicted octanol–water partition coefficient (Wildman–Crippen LogP) is 9.45. The number of aromatic amines is 2. The molecule has 2 N–H and O–H groups in total. The molecular weight excluding hydrogens is 488 g/mol. The molecule has 0 fully saturated rings. The minimum atomic E-state index is 0.733. The Balaban J connectivity index is 2.10. The molecule has 4 heteroatoms. The quantitative estimate of drug-likeness (QED) is 0.312. The lowest BCUT2D eigenvalue weighted by Crippen LogP contribution is -1.83.